The third-order valence-corrected chi connectivity index (χ3v) is 5.05. The highest BCUT2D eigenvalue weighted by Crippen LogP contribution is 2.30. The second-order valence-corrected chi connectivity index (χ2v) is 8.29. The number of aliphatic hydroxyl groups is 1. The summed E-state index contributed by atoms with van der Waals surface area (Å²) in [5.74, 6) is 0. The maximum atomic E-state index is 10.8. The summed E-state index contributed by atoms with van der Waals surface area (Å²) in [6, 6.07) is 11.8. The number of hydrogen-bond donors (Lipinski definition) is 1. The molecule has 0 saturated carbocycles. The molecule has 0 aliphatic carbocycles. The average molecular weight is 435 g/mol. The Morgan fingerprint density at radius 1 is 1.20 bits per heavy atom. The van der Waals surface area contributed by atoms with Crippen LogP contribution >= 0.6 is 11.6 Å². The molecule has 0 aliphatic rings. The Morgan fingerprint density at radius 3 is 2.40 bits per heavy atom. The van der Waals surface area contributed by atoms with E-state index < -0.39 is 4.92 Å². The number of likely N-dealkylation sites (N-methyl/N-ethyl adjacent to an activating group) is 2. The van der Waals surface area contributed by atoms with E-state index in [9.17, 15) is 15.2 Å². The van der Waals surface area contributed by atoms with E-state index in [0.717, 1.165) is 29.8 Å². The minimum absolute atomic E-state index is 0.0850. The van der Waals surface area contributed by atoms with Gasteiger partial charge in [-0.05, 0) is 44.2 Å². The number of rotatable bonds is 10. The number of azo groups is 1. The van der Waals surface area contributed by atoms with Gasteiger partial charge in [-0.2, -0.15) is 5.11 Å². The Labute approximate surface area is 182 Å². The van der Waals surface area contributed by atoms with E-state index in [1.165, 1.54) is 18.2 Å². The van der Waals surface area contributed by atoms with Gasteiger partial charge < -0.3 is 14.5 Å². The van der Waals surface area contributed by atoms with Crippen molar-refractivity contribution in [3.05, 3.63) is 57.6 Å². The molecule has 0 aromatic heterocycles. The molecule has 2 aromatic carbocycles. The van der Waals surface area contributed by atoms with Crippen molar-refractivity contribution in [3.8, 4) is 0 Å². The first-order valence-corrected chi connectivity index (χ1v) is 10.2. The summed E-state index contributed by atoms with van der Waals surface area (Å²) in [5, 5.41) is 28.9. The van der Waals surface area contributed by atoms with Crippen molar-refractivity contribution in [1.29, 1.82) is 0 Å². The smallest absolute Gasteiger partial charge is 0.271 e. The minimum Gasteiger partial charge on any atom is -0.388 e. The molecule has 0 amide bonds. The van der Waals surface area contributed by atoms with Gasteiger partial charge in [0.05, 0.1) is 42.8 Å². The van der Waals surface area contributed by atoms with E-state index in [0.29, 0.717) is 17.9 Å². The first kappa shape index (κ1) is 23.7. The van der Waals surface area contributed by atoms with Gasteiger partial charge in [0, 0.05) is 24.4 Å². The Hall–Kier alpha value is -2.55. The molecule has 0 unspecified atom stereocenters. The third kappa shape index (κ3) is 7.05. The van der Waals surface area contributed by atoms with Crippen molar-refractivity contribution in [2.24, 2.45) is 10.2 Å². The van der Waals surface area contributed by atoms with Crippen LogP contribution in [0, 0.1) is 10.1 Å². The molecule has 0 heterocycles. The zero-order chi connectivity index (χ0) is 22.3. The minimum atomic E-state index is -0.505. The highest BCUT2D eigenvalue weighted by atomic mass is 35.5. The molecule has 2 rings (SSSR count). The van der Waals surface area contributed by atoms with E-state index in [-0.39, 0.29) is 16.8 Å². The van der Waals surface area contributed by atoms with Crippen molar-refractivity contribution in [1.82, 2.24) is 0 Å². The molecule has 2 aromatic rings. The van der Waals surface area contributed by atoms with Gasteiger partial charge in [0.2, 0.25) is 0 Å². The highest BCUT2D eigenvalue weighted by molar-refractivity contribution is 6.33. The molecular formula is C21H29ClN5O3+. The molecule has 1 atom stereocenters. The number of hydrogen-bond acceptors (Lipinski definition) is 6. The van der Waals surface area contributed by atoms with Crippen LogP contribution in [0.2, 0.25) is 5.02 Å². The number of anilines is 1. The summed E-state index contributed by atoms with van der Waals surface area (Å²) in [6.07, 6.45) is -0.330. The van der Waals surface area contributed by atoms with Gasteiger partial charge in [0.25, 0.3) is 5.69 Å². The van der Waals surface area contributed by atoms with Gasteiger partial charge in [-0.1, -0.05) is 11.6 Å². The molecule has 8 nitrogen and oxygen atoms in total. The van der Waals surface area contributed by atoms with Crippen LogP contribution in [0.25, 0.3) is 0 Å². The molecule has 162 valence electrons. The number of benzene rings is 2. The molecule has 0 aliphatic heterocycles. The molecule has 30 heavy (non-hydrogen) atoms. The number of non-ortho nitro benzene ring substituents is 1. The van der Waals surface area contributed by atoms with E-state index in [1.54, 1.807) is 0 Å². The van der Waals surface area contributed by atoms with Crippen molar-refractivity contribution >= 4 is 34.4 Å². The molecular weight excluding hydrogens is 406 g/mol. The van der Waals surface area contributed by atoms with Crippen LogP contribution in [0.5, 0.6) is 0 Å². The molecule has 0 radical (unpaired) electrons. The van der Waals surface area contributed by atoms with Gasteiger partial charge in [-0.25, -0.2) is 0 Å². The number of quaternary nitrogens is 1. The van der Waals surface area contributed by atoms with E-state index in [1.807, 2.05) is 31.2 Å². The summed E-state index contributed by atoms with van der Waals surface area (Å²) < 4.78 is 0.746. The molecule has 0 spiro atoms. The predicted octanol–water partition coefficient (Wildman–Crippen LogP) is 4.95. The van der Waals surface area contributed by atoms with Gasteiger partial charge in [-0.3, -0.25) is 10.1 Å². The average Bonchev–Trinajstić information content (AvgIpc) is 2.67. The lowest BCUT2D eigenvalue weighted by atomic mass is 10.2. The van der Waals surface area contributed by atoms with E-state index in [2.05, 4.69) is 36.1 Å². The van der Waals surface area contributed by atoms with Crippen LogP contribution in [0.1, 0.15) is 13.8 Å². The summed E-state index contributed by atoms with van der Waals surface area (Å²) in [7, 11) is 4.24. The summed E-state index contributed by atoms with van der Waals surface area (Å²) >= 11 is 6.05. The third-order valence-electron chi connectivity index (χ3n) is 4.75. The lowest BCUT2D eigenvalue weighted by Crippen LogP contribution is -2.49. The first-order valence-electron chi connectivity index (χ1n) is 9.82. The molecule has 0 fully saturated rings. The SMILES string of the molecule is CCN(CC[N+](C)(C)C[C@@H](C)O)c1ccc(N=Nc2ccc([N+](=O)[O-])cc2Cl)cc1. The normalized spacial score (nSPS) is 12.9. The fraction of sp³-hybridized carbons (Fsp3) is 0.429. The quantitative estimate of drug-likeness (QED) is 0.248. The Bertz CT molecular complexity index is 885. The van der Waals surface area contributed by atoms with Gasteiger partial charge in [-0.15, -0.1) is 5.11 Å². The van der Waals surface area contributed by atoms with E-state index >= 15 is 0 Å². The van der Waals surface area contributed by atoms with Gasteiger partial charge in [0.15, 0.2) is 0 Å². The number of aliphatic hydroxyl groups excluding tert-OH is 1. The lowest BCUT2D eigenvalue weighted by Gasteiger charge is -2.34. The second kappa shape index (κ2) is 10.5. The van der Waals surface area contributed by atoms with E-state index in [4.69, 9.17) is 11.6 Å². The van der Waals surface area contributed by atoms with Crippen LogP contribution in [-0.4, -0.2) is 60.9 Å². The van der Waals surface area contributed by atoms with Crippen LogP contribution in [0.4, 0.5) is 22.7 Å². The Morgan fingerprint density at radius 2 is 1.87 bits per heavy atom. The molecule has 0 bridgehead atoms. The monoisotopic (exact) mass is 434 g/mol. The number of nitro benzene ring substituents is 1. The molecule has 0 saturated heterocycles. The number of nitrogens with zero attached hydrogens (tertiary/aromatic N) is 5. The number of halogens is 1. The van der Waals surface area contributed by atoms with Crippen molar-refractivity contribution in [2.75, 3.05) is 45.2 Å². The van der Waals surface area contributed by atoms with Crippen LogP contribution in [0.15, 0.2) is 52.7 Å². The van der Waals surface area contributed by atoms with Crippen LogP contribution in [0.3, 0.4) is 0 Å². The Balaban J connectivity index is 2.04. The predicted molar refractivity (Wildman–Crippen MR) is 120 cm³/mol. The lowest BCUT2D eigenvalue weighted by molar-refractivity contribution is -0.891. The highest BCUT2D eigenvalue weighted by Gasteiger charge is 2.19. The standard InChI is InChI=1S/C21H29ClN5O3/c1-5-25(12-13-27(3,4)15-16(2)28)18-8-6-17(7-9-18)23-24-21-11-10-19(26(29)30)14-20(21)22/h6-11,14,16,28H,5,12-13,15H2,1-4H3/q+1/t16-/m1/s1. The fourth-order valence-electron chi connectivity index (χ4n) is 3.20. The van der Waals surface area contributed by atoms with Gasteiger partial charge >= 0.3 is 0 Å². The van der Waals surface area contributed by atoms with Crippen LogP contribution in [-0.2, 0) is 0 Å². The Kier molecular flexibility index (Phi) is 8.28. The van der Waals surface area contributed by atoms with Crippen molar-refractivity contribution < 1.29 is 14.5 Å². The number of nitro groups is 1. The topological polar surface area (TPSA) is 91.3 Å². The summed E-state index contributed by atoms with van der Waals surface area (Å²) in [6.45, 7) is 7.29. The molecule has 9 heteroatoms. The maximum absolute atomic E-state index is 10.8. The zero-order valence-corrected chi connectivity index (χ0v) is 18.6. The van der Waals surface area contributed by atoms with Crippen molar-refractivity contribution in [2.45, 2.75) is 20.0 Å². The van der Waals surface area contributed by atoms with Crippen LogP contribution < -0.4 is 4.90 Å². The van der Waals surface area contributed by atoms with Crippen molar-refractivity contribution in [3.63, 3.8) is 0 Å². The largest absolute Gasteiger partial charge is 0.388 e. The summed E-state index contributed by atoms with van der Waals surface area (Å²) in [5.41, 5.74) is 2.04. The summed E-state index contributed by atoms with van der Waals surface area (Å²) in [4.78, 5) is 12.5. The zero-order valence-electron chi connectivity index (χ0n) is 17.8. The fourth-order valence-corrected chi connectivity index (χ4v) is 3.41. The maximum Gasteiger partial charge on any atom is 0.271 e. The second-order valence-electron chi connectivity index (χ2n) is 7.88. The molecule has 1 N–H and O–H groups in total. The first-order chi connectivity index (χ1) is 14.1. The van der Waals surface area contributed by atoms with Gasteiger partial charge in [0.1, 0.15) is 18.3 Å².